The van der Waals surface area contributed by atoms with Crippen molar-refractivity contribution < 1.29 is 0 Å². The molecule has 64 valence electrons. The largest absolute Gasteiger partial charge is 0.368 e. The highest BCUT2D eigenvalue weighted by atomic mass is 32.2. The van der Waals surface area contributed by atoms with Gasteiger partial charge in [0.05, 0.1) is 0 Å². The highest BCUT2D eigenvalue weighted by Crippen LogP contribution is 2.24. The first-order valence-corrected chi connectivity index (χ1v) is 4.73. The van der Waals surface area contributed by atoms with Crippen molar-refractivity contribution in [2.24, 2.45) is 0 Å². The molecule has 0 saturated carbocycles. The maximum absolute atomic E-state index is 11.3. The zero-order valence-electron chi connectivity index (χ0n) is 6.68. The predicted octanol–water partition coefficient (Wildman–Crippen LogP) is 0.596. The molecule has 0 aromatic carbocycles. The lowest BCUT2D eigenvalue weighted by Crippen LogP contribution is -2.21. The average molecular weight is 183 g/mol. The minimum Gasteiger partial charge on any atom is -0.368 e. The van der Waals surface area contributed by atoms with Gasteiger partial charge in [-0.2, -0.15) is 0 Å². The molecule has 0 radical (unpaired) electrons. The Morgan fingerprint density at radius 1 is 1.58 bits per heavy atom. The van der Waals surface area contributed by atoms with Gasteiger partial charge >= 0.3 is 0 Å². The molecule has 1 aliphatic rings. The number of aromatic amines is 1. The van der Waals surface area contributed by atoms with Crippen LogP contribution in [0.1, 0.15) is 5.82 Å². The van der Waals surface area contributed by atoms with E-state index < -0.39 is 0 Å². The van der Waals surface area contributed by atoms with Crippen LogP contribution in [0.15, 0.2) is 9.69 Å². The molecule has 0 spiro atoms. The molecule has 2 rings (SSSR count). The molecule has 1 aromatic heterocycles. The summed E-state index contributed by atoms with van der Waals surface area (Å²) >= 11 is 1.56. The van der Waals surface area contributed by atoms with E-state index in [0.717, 1.165) is 18.1 Å². The summed E-state index contributed by atoms with van der Waals surface area (Å²) in [5, 5.41) is 3.09. The standard InChI is InChI=1S/C7H9N3OS/c1-4-9-6-5(7(11)10-4)12-3-2-8-6/h2-3H2,1H3,(H2,8,9,10,11). The molecule has 0 fully saturated rings. The van der Waals surface area contributed by atoms with Crippen LogP contribution in [0.25, 0.3) is 0 Å². The van der Waals surface area contributed by atoms with Gasteiger partial charge < -0.3 is 10.3 Å². The monoisotopic (exact) mass is 183 g/mol. The summed E-state index contributed by atoms with van der Waals surface area (Å²) < 4.78 is 0. The number of nitrogens with zero attached hydrogens (tertiary/aromatic N) is 1. The third kappa shape index (κ3) is 1.20. The molecule has 4 nitrogen and oxygen atoms in total. The van der Waals surface area contributed by atoms with Gasteiger partial charge in [-0.25, -0.2) is 4.98 Å². The Bertz CT molecular complexity index is 360. The highest BCUT2D eigenvalue weighted by molar-refractivity contribution is 7.99. The first-order chi connectivity index (χ1) is 5.77. The zero-order valence-corrected chi connectivity index (χ0v) is 7.49. The third-order valence-corrected chi connectivity index (χ3v) is 2.71. The van der Waals surface area contributed by atoms with Crippen LogP contribution in [0.5, 0.6) is 0 Å². The Morgan fingerprint density at radius 2 is 2.42 bits per heavy atom. The molecular weight excluding hydrogens is 174 g/mol. The molecule has 2 heterocycles. The van der Waals surface area contributed by atoms with Crippen LogP contribution in [-0.4, -0.2) is 22.3 Å². The number of nitrogens with one attached hydrogen (secondary N) is 2. The van der Waals surface area contributed by atoms with Crippen LogP contribution < -0.4 is 10.9 Å². The van der Waals surface area contributed by atoms with Gasteiger partial charge in [-0.15, -0.1) is 11.8 Å². The Hall–Kier alpha value is -0.970. The van der Waals surface area contributed by atoms with Crippen LogP contribution in [0, 0.1) is 6.92 Å². The number of anilines is 1. The Morgan fingerprint density at radius 3 is 3.25 bits per heavy atom. The smallest absolute Gasteiger partial charge is 0.266 e. The van der Waals surface area contributed by atoms with E-state index in [1.165, 1.54) is 0 Å². The first kappa shape index (κ1) is 7.67. The fourth-order valence-corrected chi connectivity index (χ4v) is 2.00. The molecule has 5 heteroatoms. The summed E-state index contributed by atoms with van der Waals surface area (Å²) in [6.45, 7) is 2.66. The number of thioether (sulfide) groups is 1. The van der Waals surface area contributed by atoms with Crippen molar-refractivity contribution in [1.82, 2.24) is 9.97 Å². The minimum atomic E-state index is -0.0327. The lowest BCUT2D eigenvalue weighted by Gasteiger charge is -2.14. The van der Waals surface area contributed by atoms with E-state index in [4.69, 9.17) is 0 Å². The maximum atomic E-state index is 11.3. The number of fused-ring (bicyclic) bond motifs is 1. The fraction of sp³-hybridized carbons (Fsp3) is 0.429. The number of H-pyrrole nitrogens is 1. The summed E-state index contributed by atoms with van der Waals surface area (Å²) in [5.74, 6) is 2.32. The van der Waals surface area contributed by atoms with Crippen LogP contribution in [0.2, 0.25) is 0 Å². The normalized spacial score (nSPS) is 15.1. The minimum absolute atomic E-state index is 0.0327. The molecule has 0 saturated heterocycles. The number of hydrogen-bond acceptors (Lipinski definition) is 4. The van der Waals surface area contributed by atoms with Gasteiger partial charge in [-0.3, -0.25) is 4.79 Å². The second kappa shape index (κ2) is 2.82. The van der Waals surface area contributed by atoms with Crippen molar-refractivity contribution in [3.05, 3.63) is 16.2 Å². The maximum Gasteiger partial charge on any atom is 0.266 e. The molecule has 2 N–H and O–H groups in total. The Kier molecular flexibility index (Phi) is 1.80. The van der Waals surface area contributed by atoms with E-state index in [-0.39, 0.29) is 5.56 Å². The molecule has 0 unspecified atom stereocenters. The van der Waals surface area contributed by atoms with E-state index in [9.17, 15) is 4.79 Å². The van der Waals surface area contributed by atoms with Gasteiger partial charge in [0.15, 0.2) is 0 Å². The second-order valence-corrected chi connectivity index (χ2v) is 3.71. The van der Waals surface area contributed by atoms with E-state index in [1.807, 2.05) is 0 Å². The van der Waals surface area contributed by atoms with Gasteiger partial charge in [-0.05, 0) is 6.92 Å². The first-order valence-electron chi connectivity index (χ1n) is 3.75. The number of hydrogen-bond donors (Lipinski definition) is 2. The highest BCUT2D eigenvalue weighted by Gasteiger charge is 2.13. The number of aromatic nitrogens is 2. The molecule has 12 heavy (non-hydrogen) atoms. The van der Waals surface area contributed by atoms with E-state index in [1.54, 1.807) is 18.7 Å². The van der Waals surface area contributed by atoms with E-state index in [2.05, 4.69) is 15.3 Å². The molecule has 0 bridgehead atoms. The van der Waals surface area contributed by atoms with Crippen molar-refractivity contribution in [3.8, 4) is 0 Å². The molecule has 1 aromatic rings. The molecule has 1 aliphatic heterocycles. The van der Waals surface area contributed by atoms with Crippen LogP contribution in [0.4, 0.5) is 5.82 Å². The van der Waals surface area contributed by atoms with Crippen molar-refractivity contribution in [1.29, 1.82) is 0 Å². The molecule has 0 amide bonds. The van der Waals surface area contributed by atoms with Gasteiger partial charge in [-0.1, -0.05) is 0 Å². The topological polar surface area (TPSA) is 57.8 Å². The zero-order chi connectivity index (χ0) is 8.55. The van der Waals surface area contributed by atoms with Gasteiger partial charge in [0, 0.05) is 12.3 Å². The van der Waals surface area contributed by atoms with Crippen molar-refractivity contribution >= 4 is 17.6 Å². The average Bonchev–Trinajstić information content (AvgIpc) is 2.04. The summed E-state index contributed by atoms with van der Waals surface area (Å²) in [5.41, 5.74) is -0.0327. The van der Waals surface area contributed by atoms with E-state index >= 15 is 0 Å². The molecule has 0 aliphatic carbocycles. The lowest BCUT2D eigenvalue weighted by atomic mass is 10.5. The Labute approximate surface area is 73.8 Å². The SMILES string of the molecule is Cc1nc2c(c(=O)[nH]1)SCCN2. The quantitative estimate of drug-likeness (QED) is 0.618. The van der Waals surface area contributed by atoms with Gasteiger partial charge in [0.2, 0.25) is 0 Å². The summed E-state index contributed by atoms with van der Waals surface area (Å²) in [6.07, 6.45) is 0. The van der Waals surface area contributed by atoms with Gasteiger partial charge in [0.25, 0.3) is 5.56 Å². The predicted molar refractivity (Wildman–Crippen MR) is 48.8 cm³/mol. The van der Waals surface area contributed by atoms with Crippen molar-refractivity contribution in [2.45, 2.75) is 11.8 Å². The van der Waals surface area contributed by atoms with Crippen molar-refractivity contribution in [3.63, 3.8) is 0 Å². The van der Waals surface area contributed by atoms with Crippen LogP contribution >= 0.6 is 11.8 Å². The molecular formula is C7H9N3OS. The van der Waals surface area contributed by atoms with Crippen LogP contribution in [0.3, 0.4) is 0 Å². The van der Waals surface area contributed by atoms with Crippen molar-refractivity contribution in [2.75, 3.05) is 17.6 Å². The second-order valence-electron chi connectivity index (χ2n) is 2.60. The summed E-state index contributed by atoms with van der Waals surface area (Å²) in [4.78, 5) is 18.9. The lowest BCUT2D eigenvalue weighted by molar-refractivity contribution is 0.947. The van der Waals surface area contributed by atoms with Crippen LogP contribution in [-0.2, 0) is 0 Å². The van der Waals surface area contributed by atoms with E-state index in [0.29, 0.717) is 10.7 Å². The van der Waals surface area contributed by atoms with Gasteiger partial charge in [0.1, 0.15) is 16.5 Å². The summed E-state index contributed by atoms with van der Waals surface area (Å²) in [6, 6.07) is 0. The summed E-state index contributed by atoms with van der Waals surface area (Å²) in [7, 11) is 0. The fourth-order valence-electron chi connectivity index (χ4n) is 1.15. The number of aryl methyl sites for hydroxylation is 1. The Balaban J connectivity index is 2.60. The third-order valence-electron chi connectivity index (χ3n) is 1.64. The molecule has 0 atom stereocenters. The number of rotatable bonds is 0.